The third-order valence-corrected chi connectivity index (χ3v) is 3.72. The number of hydrogen-bond acceptors (Lipinski definition) is 4. The number of nitrogens with two attached hydrogens (primary N) is 1. The molecule has 1 heterocycles. The first-order valence-electron chi connectivity index (χ1n) is 6.97. The number of piperazine rings is 1. The maximum atomic E-state index is 12.6. The summed E-state index contributed by atoms with van der Waals surface area (Å²) in [5, 5.41) is 2.08. The molecule has 1 aromatic rings. The molecule has 1 aliphatic rings. The van der Waals surface area contributed by atoms with Gasteiger partial charge in [0, 0.05) is 32.7 Å². The van der Waals surface area contributed by atoms with E-state index in [0.717, 1.165) is 43.9 Å². The number of likely N-dealkylation sites (N-methyl/N-ethyl adjacent to an activating group) is 1. The molecule has 1 fully saturated rings. The van der Waals surface area contributed by atoms with E-state index in [1.165, 1.54) is 12.1 Å². The monoisotopic (exact) mass is 302 g/mol. The molecule has 2 rings (SSSR count). The molecular formula is C14H21F3N4. The van der Waals surface area contributed by atoms with E-state index in [2.05, 4.69) is 22.4 Å². The van der Waals surface area contributed by atoms with Crippen LogP contribution in [0.25, 0.3) is 0 Å². The van der Waals surface area contributed by atoms with E-state index in [0.29, 0.717) is 6.54 Å². The van der Waals surface area contributed by atoms with Gasteiger partial charge in [-0.15, -0.1) is 0 Å². The predicted molar refractivity (Wildman–Crippen MR) is 75.4 cm³/mol. The minimum absolute atomic E-state index is 0.171. The van der Waals surface area contributed by atoms with Crippen molar-refractivity contribution in [1.82, 2.24) is 15.3 Å². The van der Waals surface area contributed by atoms with Crippen LogP contribution in [0.1, 0.15) is 17.2 Å². The SMILES string of the molecule is CN1CCN(NC(CN)c2ccc(C(F)(F)F)cc2)CC1. The van der Waals surface area contributed by atoms with Crippen LogP contribution in [0.4, 0.5) is 13.2 Å². The first-order chi connectivity index (χ1) is 9.90. The number of alkyl halides is 3. The van der Waals surface area contributed by atoms with Crippen molar-refractivity contribution in [2.75, 3.05) is 39.8 Å². The van der Waals surface area contributed by atoms with E-state index >= 15 is 0 Å². The van der Waals surface area contributed by atoms with Crippen LogP contribution in [0.5, 0.6) is 0 Å². The topological polar surface area (TPSA) is 44.5 Å². The predicted octanol–water partition coefficient (Wildman–Crippen LogP) is 1.46. The second kappa shape index (κ2) is 6.74. The lowest BCUT2D eigenvalue weighted by atomic mass is 10.1. The summed E-state index contributed by atoms with van der Waals surface area (Å²) in [6.45, 7) is 3.98. The summed E-state index contributed by atoms with van der Waals surface area (Å²) in [5.74, 6) is 0. The van der Waals surface area contributed by atoms with E-state index in [-0.39, 0.29) is 6.04 Å². The van der Waals surface area contributed by atoms with Crippen LogP contribution in [0.2, 0.25) is 0 Å². The van der Waals surface area contributed by atoms with Crippen LogP contribution in [-0.4, -0.2) is 49.7 Å². The summed E-state index contributed by atoms with van der Waals surface area (Å²) in [7, 11) is 2.06. The highest BCUT2D eigenvalue weighted by atomic mass is 19.4. The minimum Gasteiger partial charge on any atom is -0.329 e. The van der Waals surface area contributed by atoms with Gasteiger partial charge in [-0.25, -0.2) is 10.4 Å². The Kier molecular flexibility index (Phi) is 5.21. The summed E-state index contributed by atoms with van der Waals surface area (Å²) in [5.41, 5.74) is 9.18. The Morgan fingerprint density at radius 1 is 1.14 bits per heavy atom. The van der Waals surface area contributed by atoms with Crippen LogP contribution in [0.15, 0.2) is 24.3 Å². The lowest BCUT2D eigenvalue weighted by Gasteiger charge is -2.35. The summed E-state index contributed by atoms with van der Waals surface area (Å²) < 4.78 is 37.7. The summed E-state index contributed by atoms with van der Waals surface area (Å²) in [4.78, 5) is 2.23. The van der Waals surface area contributed by atoms with Gasteiger partial charge in [-0.1, -0.05) is 12.1 Å². The van der Waals surface area contributed by atoms with Crippen LogP contribution in [0.3, 0.4) is 0 Å². The lowest BCUT2D eigenvalue weighted by molar-refractivity contribution is -0.137. The Hall–Kier alpha value is -1.15. The maximum Gasteiger partial charge on any atom is 0.416 e. The maximum absolute atomic E-state index is 12.6. The minimum atomic E-state index is -4.30. The Bertz CT molecular complexity index is 439. The molecule has 0 aromatic heterocycles. The normalized spacial score (nSPS) is 19.7. The summed E-state index contributed by atoms with van der Waals surface area (Å²) in [6, 6.07) is 5.01. The van der Waals surface area contributed by atoms with Gasteiger partial charge in [0.1, 0.15) is 0 Å². The molecule has 0 bridgehead atoms. The van der Waals surface area contributed by atoms with Gasteiger partial charge in [0.05, 0.1) is 11.6 Å². The van der Waals surface area contributed by atoms with Crippen molar-refractivity contribution in [3.8, 4) is 0 Å². The molecule has 118 valence electrons. The van der Waals surface area contributed by atoms with Gasteiger partial charge in [0.2, 0.25) is 0 Å². The highest BCUT2D eigenvalue weighted by Gasteiger charge is 2.30. The number of nitrogens with zero attached hydrogens (tertiary/aromatic N) is 2. The molecule has 1 aromatic carbocycles. The summed E-state index contributed by atoms with van der Waals surface area (Å²) >= 11 is 0. The molecule has 4 nitrogen and oxygen atoms in total. The number of benzene rings is 1. The van der Waals surface area contributed by atoms with E-state index in [1.54, 1.807) is 0 Å². The van der Waals surface area contributed by atoms with E-state index in [4.69, 9.17) is 5.73 Å². The highest BCUT2D eigenvalue weighted by molar-refractivity contribution is 5.27. The van der Waals surface area contributed by atoms with E-state index < -0.39 is 11.7 Å². The standard InChI is InChI=1S/C14H21F3N4/c1-20-6-8-21(9-7-20)19-13(10-18)11-2-4-12(5-3-11)14(15,16)17/h2-5,13,19H,6-10,18H2,1H3. The molecule has 1 aliphatic heterocycles. The smallest absolute Gasteiger partial charge is 0.329 e. The molecule has 1 saturated heterocycles. The van der Waals surface area contributed by atoms with Crippen molar-refractivity contribution in [3.05, 3.63) is 35.4 Å². The van der Waals surface area contributed by atoms with Gasteiger partial charge < -0.3 is 10.6 Å². The van der Waals surface area contributed by atoms with E-state index in [9.17, 15) is 13.2 Å². The molecule has 1 atom stereocenters. The van der Waals surface area contributed by atoms with Gasteiger partial charge in [0.15, 0.2) is 0 Å². The second-order valence-corrected chi connectivity index (χ2v) is 5.33. The fraction of sp³-hybridized carbons (Fsp3) is 0.571. The van der Waals surface area contributed by atoms with Gasteiger partial charge in [0.25, 0.3) is 0 Å². The van der Waals surface area contributed by atoms with Gasteiger partial charge in [-0.3, -0.25) is 0 Å². The van der Waals surface area contributed by atoms with Crippen LogP contribution < -0.4 is 11.2 Å². The molecule has 21 heavy (non-hydrogen) atoms. The second-order valence-electron chi connectivity index (χ2n) is 5.33. The zero-order valence-corrected chi connectivity index (χ0v) is 12.0. The fourth-order valence-corrected chi connectivity index (χ4v) is 2.32. The van der Waals surface area contributed by atoms with Crippen LogP contribution in [0, 0.1) is 0 Å². The molecular weight excluding hydrogens is 281 g/mol. The number of rotatable bonds is 4. The zero-order chi connectivity index (χ0) is 15.5. The summed E-state index contributed by atoms with van der Waals surface area (Å²) in [6.07, 6.45) is -4.30. The Labute approximate surface area is 122 Å². The first-order valence-corrected chi connectivity index (χ1v) is 6.97. The van der Waals surface area contributed by atoms with Gasteiger partial charge in [-0.2, -0.15) is 13.2 Å². The average molecular weight is 302 g/mol. The van der Waals surface area contributed by atoms with Crippen molar-refractivity contribution in [2.45, 2.75) is 12.2 Å². The Balaban J connectivity index is 2.00. The number of halogens is 3. The number of hydrogen-bond donors (Lipinski definition) is 2. The lowest BCUT2D eigenvalue weighted by Crippen LogP contribution is -2.52. The van der Waals surface area contributed by atoms with E-state index in [1.807, 2.05) is 0 Å². The Morgan fingerprint density at radius 2 is 1.71 bits per heavy atom. The van der Waals surface area contributed by atoms with Crippen LogP contribution in [-0.2, 0) is 6.18 Å². The van der Waals surface area contributed by atoms with Crippen molar-refractivity contribution in [3.63, 3.8) is 0 Å². The molecule has 0 amide bonds. The van der Waals surface area contributed by atoms with Crippen molar-refractivity contribution in [2.24, 2.45) is 5.73 Å². The third-order valence-electron chi connectivity index (χ3n) is 3.72. The molecule has 3 N–H and O–H groups in total. The zero-order valence-electron chi connectivity index (χ0n) is 12.0. The largest absolute Gasteiger partial charge is 0.416 e. The van der Waals surface area contributed by atoms with Crippen molar-refractivity contribution < 1.29 is 13.2 Å². The van der Waals surface area contributed by atoms with Crippen LogP contribution >= 0.6 is 0 Å². The highest BCUT2D eigenvalue weighted by Crippen LogP contribution is 2.29. The number of nitrogens with one attached hydrogen (secondary N) is 1. The molecule has 0 aliphatic carbocycles. The molecule has 0 radical (unpaired) electrons. The van der Waals surface area contributed by atoms with Gasteiger partial charge >= 0.3 is 6.18 Å². The number of hydrazine groups is 1. The fourth-order valence-electron chi connectivity index (χ4n) is 2.32. The first kappa shape index (κ1) is 16.2. The third kappa shape index (κ3) is 4.41. The Morgan fingerprint density at radius 3 is 2.19 bits per heavy atom. The van der Waals surface area contributed by atoms with Crippen molar-refractivity contribution >= 4 is 0 Å². The molecule has 0 spiro atoms. The van der Waals surface area contributed by atoms with Gasteiger partial charge in [-0.05, 0) is 24.7 Å². The molecule has 0 saturated carbocycles. The quantitative estimate of drug-likeness (QED) is 0.884. The molecule has 7 heteroatoms. The molecule has 1 unspecified atom stereocenters. The average Bonchev–Trinajstić information content (AvgIpc) is 2.46. The van der Waals surface area contributed by atoms with Crippen molar-refractivity contribution in [1.29, 1.82) is 0 Å².